The molecule has 0 amide bonds. The summed E-state index contributed by atoms with van der Waals surface area (Å²) in [5, 5.41) is 9.22. The van der Waals surface area contributed by atoms with Gasteiger partial charge in [-0.15, -0.1) is 0 Å². The van der Waals surface area contributed by atoms with E-state index in [2.05, 4.69) is 16.8 Å². The van der Waals surface area contributed by atoms with Crippen LogP contribution >= 0.6 is 0 Å². The van der Waals surface area contributed by atoms with Crippen LogP contribution in [0.2, 0.25) is 0 Å². The third kappa shape index (κ3) is 4.75. The van der Waals surface area contributed by atoms with Gasteiger partial charge in [0.1, 0.15) is 0 Å². The monoisotopic (exact) mass is 272 g/mol. The number of aliphatic carboxylic acids is 1. The highest BCUT2D eigenvalue weighted by atomic mass is 16.5. The number of ether oxygens (including phenoxy) is 1. The molecule has 1 heterocycles. The van der Waals surface area contributed by atoms with Crippen molar-refractivity contribution in [3.8, 4) is 0 Å². The van der Waals surface area contributed by atoms with E-state index in [-0.39, 0.29) is 17.6 Å². The highest BCUT2D eigenvalue weighted by Crippen LogP contribution is 2.32. The Labute approximate surface area is 116 Å². The lowest BCUT2D eigenvalue weighted by Crippen LogP contribution is -2.58. The Balaban J connectivity index is 2.83. The Morgan fingerprint density at radius 1 is 1.21 bits per heavy atom. The van der Waals surface area contributed by atoms with Gasteiger partial charge in [0.15, 0.2) is 0 Å². The average molecular weight is 272 g/mol. The molecule has 19 heavy (non-hydrogen) atoms. The highest BCUT2D eigenvalue weighted by molar-refractivity contribution is 5.68. The Hall–Kier alpha value is -0.650. The number of carbonyl (C=O) groups is 1. The predicted octanol–water partition coefficient (Wildman–Crippen LogP) is 1.28. The van der Waals surface area contributed by atoms with E-state index in [1.54, 1.807) is 7.11 Å². The van der Waals surface area contributed by atoms with Crippen molar-refractivity contribution >= 4 is 5.97 Å². The zero-order valence-corrected chi connectivity index (χ0v) is 12.9. The van der Waals surface area contributed by atoms with Gasteiger partial charge >= 0.3 is 5.97 Å². The van der Waals surface area contributed by atoms with E-state index in [1.807, 2.05) is 20.8 Å². The van der Waals surface area contributed by atoms with E-state index >= 15 is 0 Å². The first kappa shape index (κ1) is 16.4. The van der Waals surface area contributed by atoms with E-state index in [9.17, 15) is 9.90 Å². The summed E-state index contributed by atoms with van der Waals surface area (Å²) < 4.78 is 5.50. The largest absolute Gasteiger partial charge is 0.481 e. The molecular formula is C14H28N2O3. The van der Waals surface area contributed by atoms with Gasteiger partial charge in [0, 0.05) is 38.8 Å². The van der Waals surface area contributed by atoms with Crippen molar-refractivity contribution in [3.63, 3.8) is 0 Å². The van der Waals surface area contributed by atoms with Gasteiger partial charge in [-0.25, -0.2) is 0 Å². The molecule has 5 nitrogen and oxygen atoms in total. The van der Waals surface area contributed by atoms with Crippen LogP contribution < -0.4 is 0 Å². The molecule has 0 aromatic rings. The number of nitrogens with zero attached hydrogens (tertiary/aromatic N) is 2. The lowest BCUT2D eigenvalue weighted by atomic mass is 9.83. The van der Waals surface area contributed by atoms with Crippen molar-refractivity contribution in [1.82, 2.24) is 9.80 Å². The van der Waals surface area contributed by atoms with Crippen molar-refractivity contribution in [3.05, 3.63) is 0 Å². The fourth-order valence-corrected chi connectivity index (χ4v) is 2.95. The normalized spacial score (nSPS) is 22.2. The van der Waals surface area contributed by atoms with Crippen LogP contribution in [0.5, 0.6) is 0 Å². The maximum atomic E-state index is 11.2. The van der Waals surface area contributed by atoms with Crippen LogP contribution in [0.3, 0.4) is 0 Å². The van der Waals surface area contributed by atoms with Crippen LogP contribution in [0.15, 0.2) is 0 Å². The first-order chi connectivity index (χ1) is 8.68. The lowest BCUT2D eigenvalue weighted by molar-refractivity contribution is -0.142. The molecular weight excluding hydrogens is 244 g/mol. The fraction of sp³-hybridized carbons (Fsp3) is 0.929. The smallest absolute Gasteiger partial charge is 0.305 e. The fourth-order valence-electron chi connectivity index (χ4n) is 2.95. The summed E-state index contributed by atoms with van der Waals surface area (Å²) in [6.07, 6.45) is 0.871. The molecule has 1 N–H and O–H groups in total. The molecule has 112 valence electrons. The first-order valence-corrected chi connectivity index (χ1v) is 6.89. The summed E-state index contributed by atoms with van der Waals surface area (Å²) >= 11 is 0. The Morgan fingerprint density at radius 3 is 2.16 bits per heavy atom. The minimum atomic E-state index is -0.742. The van der Waals surface area contributed by atoms with E-state index < -0.39 is 5.97 Å². The molecule has 0 bridgehead atoms. The number of likely N-dealkylation sites (N-methyl/N-ethyl adjacent to an activating group) is 1. The average Bonchev–Trinajstić information content (AvgIpc) is 2.27. The molecule has 0 aromatic heterocycles. The van der Waals surface area contributed by atoms with Crippen LogP contribution in [0.1, 0.15) is 33.6 Å². The highest BCUT2D eigenvalue weighted by Gasteiger charge is 2.40. The van der Waals surface area contributed by atoms with Gasteiger partial charge in [-0.05, 0) is 34.2 Å². The summed E-state index contributed by atoms with van der Waals surface area (Å²) in [7, 11) is 3.79. The van der Waals surface area contributed by atoms with E-state index in [4.69, 9.17) is 4.74 Å². The van der Waals surface area contributed by atoms with E-state index in [1.165, 1.54) is 0 Å². The van der Waals surface area contributed by atoms with Gasteiger partial charge in [0.2, 0.25) is 0 Å². The van der Waals surface area contributed by atoms with Crippen molar-refractivity contribution < 1.29 is 14.6 Å². The predicted molar refractivity (Wildman–Crippen MR) is 75.4 cm³/mol. The molecule has 1 aliphatic rings. The number of methoxy groups -OCH3 is 1. The second-order valence-electron chi connectivity index (χ2n) is 6.50. The van der Waals surface area contributed by atoms with E-state index in [0.717, 1.165) is 26.2 Å². The molecule has 0 aromatic carbocycles. The molecule has 1 rings (SSSR count). The molecule has 0 saturated carbocycles. The van der Waals surface area contributed by atoms with Gasteiger partial charge in [-0.3, -0.25) is 9.69 Å². The van der Waals surface area contributed by atoms with Crippen LogP contribution in [0, 0.1) is 0 Å². The Bertz CT molecular complexity index is 312. The minimum absolute atomic E-state index is 0.156. The molecule has 1 atom stereocenters. The van der Waals surface area contributed by atoms with Crippen molar-refractivity contribution in [2.75, 3.05) is 40.3 Å². The SMILES string of the molecule is COC(C)(C)CC(C)(CC(=O)O)N1CCN(C)CC1. The maximum Gasteiger partial charge on any atom is 0.305 e. The number of carboxylic acids is 1. The Kier molecular flexibility index (Phi) is 5.35. The topological polar surface area (TPSA) is 53.0 Å². The molecule has 1 fully saturated rings. The summed E-state index contributed by atoms with van der Waals surface area (Å²) in [6.45, 7) is 9.89. The molecule has 0 spiro atoms. The van der Waals surface area contributed by atoms with Gasteiger partial charge in [0.25, 0.3) is 0 Å². The maximum absolute atomic E-state index is 11.2. The van der Waals surface area contributed by atoms with Gasteiger partial charge in [-0.2, -0.15) is 0 Å². The van der Waals surface area contributed by atoms with Gasteiger partial charge < -0.3 is 14.7 Å². The summed E-state index contributed by atoms with van der Waals surface area (Å²) in [4.78, 5) is 15.8. The van der Waals surface area contributed by atoms with Crippen LogP contribution in [0.4, 0.5) is 0 Å². The number of hydrogen-bond donors (Lipinski definition) is 1. The minimum Gasteiger partial charge on any atom is -0.481 e. The standard InChI is InChI=1S/C14H28N2O3/c1-13(2,19-5)11-14(3,10-12(17)18)16-8-6-15(4)7-9-16/h6-11H2,1-5H3,(H,17,18). The van der Waals surface area contributed by atoms with Gasteiger partial charge in [-0.1, -0.05) is 0 Å². The summed E-state index contributed by atoms with van der Waals surface area (Å²) in [5.41, 5.74) is -0.667. The van der Waals surface area contributed by atoms with Crippen molar-refractivity contribution in [1.29, 1.82) is 0 Å². The Morgan fingerprint density at radius 2 is 1.74 bits per heavy atom. The van der Waals surface area contributed by atoms with Gasteiger partial charge in [0.05, 0.1) is 12.0 Å². The van der Waals surface area contributed by atoms with Crippen LogP contribution in [-0.4, -0.2) is 72.4 Å². The zero-order chi connectivity index (χ0) is 14.7. The molecule has 1 saturated heterocycles. The molecule has 1 aliphatic heterocycles. The van der Waals surface area contributed by atoms with Crippen molar-refractivity contribution in [2.24, 2.45) is 0 Å². The van der Waals surface area contributed by atoms with E-state index in [0.29, 0.717) is 6.42 Å². The third-order valence-electron chi connectivity index (χ3n) is 4.16. The van der Waals surface area contributed by atoms with Crippen LogP contribution in [-0.2, 0) is 9.53 Å². The quantitative estimate of drug-likeness (QED) is 0.789. The molecule has 5 heteroatoms. The number of piperazine rings is 1. The lowest BCUT2D eigenvalue weighted by Gasteiger charge is -2.47. The zero-order valence-electron chi connectivity index (χ0n) is 12.9. The van der Waals surface area contributed by atoms with Crippen molar-refractivity contribution in [2.45, 2.75) is 44.8 Å². The molecule has 0 aliphatic carbocycles. The molecule has 0 radical (unpaired) electrons. The number of carboxylic acid groups (broad SMARTS) is 1. The van der Waals surface area contributed by atoms with Crippen LogP contribution in [0.25, 0.3) is 0 Å². The second-order valence-corrected chi connectivity index (χ2v) is 6.50. The third-order valence-corrected chi connectivity index (χ3v) is 4.16. The number of hydrogen-bond acceptors (Lipinski definition) is 4. The second kappa shape index (κ2) is 6.20. The first-order valence-electron chi connectivity index (χ1n) is 6.89. The summed E-state index contributed by atoms with van der Waals surface area (Å²) in [6, 6.07) is 0. The molecule has 1 unspecified atom stereocenters. The summed E-state index contributed by atoms with van der Waals surface area (Å²) in [5.74, 6) is -0.742. The number of rotatable bonds is 6.